The molecule has 0 radical (unpaired) electrons. The summed E-state index contributed by atoms with van der Waals surface area (Å²) in [6.45, 7) is 8.29. The van der Waals surface area contributed by atoms with E-state index in [1.165, 1.54) is 0 Å². The molecule has 1 fully saturated rings. The van der Waals surface area contributed by atoms with Gasteiger partial charge in [0.1, 0.15) is 5.76 Å². The van der Waals surface area contributed by atoms with Crippen molar-refractivity contribution in [3.63, 3.8) is 0 Å². The van der Waals surface area contributed by atoms with Gasteiger partial charge >= 0.3 is 0 Å². The van der Waals surface area contributed by atoms with Gasteiger partial charge in [0.2, 0.25) is 0 Å². The van der Waals surface area contributed by atoms with Crippen LogP contribution >= 0.6 is 12.4 Å². The number of halogens is 1. The van der Waals surface area contributed by atoms with E-state index in [1.54, 1.807) is 0 Å². The van der Waals surface area contributed by atoms with Crippen molar-refractivity contribution < 1.29 is 9.32 Å². The van der Waals surface area contributed by atoms with Gasteiger partial charge in [0.05, 0.1) is 17.4 Å². The number of carbonyl (C=O) groups excluding carboxylic acids is 1. The summed E-state index contributed by atoms with van der Waals surface area (Å²) >= 11 is 0. The minimum atomic E-state index is -0.206. The third-order valence-electron chi connectivity index (χ3n) is 4.83. The molecule has 0 atom stereocenters. The molecule has 8 nitrogen and oxygen atoms in total. The Balaban J connectivity index is 0.00000243. The lowest BCUT2D eigenvalue weighted by Gasteiger charge is -2.23. The van der Waals surface area contributed by atoms with E-state index >= 15 is 0 Å². The molecule has 0 saturated carbocycles. The normalized spacial score (nSPS) is 14.9. The molecular formula is C17H27ClN6O2. The third-order valence-corrected chi connectivity index (χ3v) is 4.83. The van der Waals surface area contributed by atoms with E-state index in [2.05, 4.69) is 26.1 Å². The van der Waals surface area contributed by atoms with Crippen molar-refractivity contribution >= 4 is 18.3 Å². The van der Waals surface area contributed by atoms with Gasteiger partial charge in [-0.15, -0.1) is 17.5 Å². The standard InChI is InChI=1S/C17H26N6O2.ClH/c1-4-14-13(15(5-2)25-21-14)10-19-17(24)16-11(3)23(22-20-16)12-6-8-18-9-7-12;/h12,18H,4-10H2,1-3H3,(H,19,24);1H. The van der Waals surface area contributed by atoms with Crippen LogP contribution in [-0.4, -0.2) is 39.1 Å². The summed E-state index contributed by atoms with van der Waals surface area (Å²) in [7, 11) is 0. The molecule has 0 spiro atoms. The largest absolute Gasteiger partial charge is 0.361 e. The first kappa shape index (κ1) is 20.4. The zero-order valence-electron chi connectivity index (χ0n) is 15.5. The smallest absolute Gasteiger partial charge is 0.274 e. The minimum Gasteiger partial charge on any atom is -0.361 e. The Bertz CT molecular complexity index is 714. The van der Waals surface area contributed by atoms with E-state index in [0.717, 1.165) is 61.5 Å². The fourth-order valence-corrected chi connectivity index (χ4v) is 3.34. The molecule has 2 N–H and O–H groups in total. The van der Waals surface area contributed by atoms with Crippen LogP contribution in [0.5, 0.6) is 0 Å². The zero-order valence-corrected chi connectivity index (χ0v) is 16.4. The first-order chi connectivity index (χ1) is 12.2. The number of hydrogen-bond donors (Lipinski definition) is 2. The monoisotopic (exact) mass is 382 g/mol. The van der Waals surface area contributed by atoms with Gasteiger partial charge in [-0.25, -0.2) is 4.68 Å². The van der Waals surface area contributed by atoms with Crippen molar-refractivity contribution in [2.75, 3.05) is 13.1 Å². The maximum absolute atomic E-state index is 12.6. The van der Waals surface area contributed by atoms with Crippen molar-refractivity contribution in [3.8, 4) is 0 Å². The number of carbonyl (C=O) groups is 1. The van der Waals surface area contributed by atoms with Crippen molar-refractivity contribution in [2.24, 2.45) is 0 Å². The SMILES string of the molecule is CCc1noc(CC)c1CNC(=O)c1nnn(C2CCNCC2)c1C.Cl. The van der Waals surface area contributed by atoms with Gasteiger partial charge in [-0.2, -0.15) is 0 Å². The predicted molar refractivity (Wildman–Crippen MR) is 99.6 cm³/mol. The summed E-state index contributed by atoms with van der Waals surface area (Å²) in [4.78, 5) is 12.6. The number of rotatable bonds is 6. The van der Waals surface area contributed by atoms with E-state index in [9.17, 15) is 4.79 Å². The molecule has 0 aromatic carbocycles. The Morgan fingerprint density at radius 2 is 2.04 bits per heavy atom. The van der Waals surface area contributed by atoms with Crippen molar-refractivity contribution in [2.45, 2.75) is 59.0 Å². The highest BCUT2D eigenvalue weighted by Crippen LogP contribution is 2.20. The van der Waals surface area contributed by atoms with Crippen LogP contribution < -0.4 is 10.6 Å². The van der Waals surface area contributed by atoms with Gasteiger partial charge in [-0.05, 0) is 39.3 Å². The molecule has 26 heavy (non-hydrogen) atoms. The quantitative estimate of drug-likeness (QED) is 0.792. The van der Waals surface area contributed by atoms with Crippen LogP contribution in [0.2, 0.25) is 0 Å². The van der Waals surface area contributed by atoms with Crippen LogP contribution in [0.3, 0.4) is 0 Å². The van der Waals surface area contributed by atoms with Crippen molar-refractivity contribution in [1.29, 1.82) is 0 Å². The van der Waals surface area contributed by atoms with E-state index in [4.69, 9.17) is 4.52 Å². The summed E-state index contributed by atoms with van der Waals surface area (Å²) in [5.41, 5.74) is 3.08. The Morgan fingerprint density at radius 3 is 2.69 bits per heavy atom. The van der Waals surface area contributed by atoms with Gasteiger partial charge in [-0.3, -0.25) is 4.79 Å². The third kappa shape index (κ3) is 4.07. The first-order valence-corrected chi connectivity index (χ1v) is 9.02. The molecular weight excluding hydrogens is 356 g/mol. The number of aromatic nitrogens is 4. The van der Waals surface area contributed by atoms with Crippen LogP contribution in [0.1, 0.15) is 65.9 Å². The molecule has 0 bridgehead atoms. The van der Waals surface area contributed by atoms with Crippen molar-refractivity contribution in [1.82, 2.24) is 30.8 Å². The molecule has 9 heteroatoms. The van der Waals surface area contributed by atoms with Gasteiger partial charge in [0, 0.05) is 18.5 Å². The lowest BCUT2D eigenvalue weighted by molar-refractivity contribution is 0.0945. The van der Waals surface area contributed by atoms with Gasteiger partial charge in [0.25, 0.3) is 5.91 Å². The lowest BCUT2D eigenvalue weighted by atomic mass is 10.1. The number of nitrogens with zero attached hydrogens (tertiary/aromatic N) is 4. The Morgan fingerprint density at radius 1 is 1.31 bits per heavy atom. The highest BCUT2D eigenvalue weighted by atomic mass is 35.5. The summed E-state index contributed by atoms with van der Waals surface area (Å²) in [5, 5.41) is 18.7. The molecule has 0 aliphatic carbocycles. The molecule has 1 aliphatic heterocycles. The molecule has 144 valence electrons. The maximum Gasteiger partial charge on any atom is 0.274 e. The average molecular weight is 383 g/mol. The highest BCUT2D eigenvalue weighted by Gasteiger charge is 2.23. The molecule has 1 saturated heterocycles. The summed E-state index contributed by atoms with van der Waals surface area (Å²) < 4.78 is 7.23. The van der Waals surface area contributed by atoms with Crippen LogP contribution in [0.15, 0.2) is 4.52 Å². The second-order valence-corrected chi connectivity index (χ2v) is 6.37. The van der Waals surface area contributed by atoms with E-state index in [1.807, 2.05) is 25.5 Å². The van der Waals surface area contributed by atoms with E-state index in [0.29, 0.717) is 18.3 Å². The number of amides is 1. The topological polar surface area (TPSA) is 97.9 Å². The second kappa shape index (κ2) is 9.14. The van der Waals surface area contributed by atoms with Gasteiger partial charge in [0.15, 0.2) is 5.69 Å². The fraction of sp³-hybridized carbons (Fsp3) is 0.647. The molecule has 2 aromatic rings. The molecule has 3 heterocycles. The molecule has 3 rings (SSSR count). The van der Waals surface area contributed by atoms with Gasteiger partial charge in [-0.1, -0.05) is 24.2 Å². The van der Waals surface area contributed by atoms with Gasteiger partial charge < -0.3 is 15.2 Å². The van der Waals surface area contributed by atoms with Crippen LogP contribution in [0, 0.1) is 6.92 Å². The minimum absolute atomic E-state index is 0. The number of hydrogen-bond acceptors (Lipinski definition) is 6. The Hall–Kier alpha value is -1.93. The summed E-state index contributed by atoms with van der Waals surface area (Å²) in [5.74, 6) is 0.621. The maximum atomic E-state index is 12.6. The van der Waals surface area contributed by atoms with Crippen molar-refractivity contribution in [3.05, 3.63) is 28.4 Å². The Kier molecular flexibility index (Phi) is 7.16. The highest BCUT2D eigenvalue weighted by molar-refractivity contribution is 5.93. The predicted octanol–water partition coefficient (Wildman–Crippen LogP) is 1.98. The first-order valence-electron chi connectivity index (χ1n) is 9.02. The number of nitrogens with one attached hydrogen (secondary N) is 2. The summed E-state index contributed by atoms with van der Waals surface area (Å²) in [6.07, 6.45) is 3.54. The van der Waals surface area contributed by atoms with Crippen LogP contribution in [-0.2, 0) is 19.4 Å². The number of aryl methyl sites for hydroxylation is 2. The average Bonchev–Trinajstić information content (AvgIpc) is 3.23. The zero-order chi connectivity index (χ0) is 17.8. The Labute approximate surface area is 159 Å². The molecule has 2 aromatic heterocycles. The van der Waals surface area contributed by atoms with E-state index in [-0.39, 0.29) is 18.3 Å². The van der Waals surface area contributed by atoms with Crippen LogP contribution in [0.4, 0.5) is 0 Å². The summed E-state index contributed by atoms with van der Waals surface area (Å²) in [6, 6.07) is 0.312. The van der Waals surface area contributed by atoms with E-state index < -0.39 is 0 Å². The number of piperidine rings is 1. The molecule has 0 unspecified atom stereocenters. The second-order valence-electron chi connectivity index (χ2n) is 6.37. The lowest BCUT2D eigenvalue weighted by Crippen LogP contribution is -2.30. The molecule has 1 amide bonds. The fourth-order valence-electron chi connectivity index (χ4n) is 3.34. The van der Waals surface area contributed by atoms with Crippen LogP contribution in [0.25, 0.3) is 0 Å². The molecule has 1 aliphatic rings.